The van der Waals surface area contributed by atoms with E-state index in [1.54, 1.807) is 11.0 Å². The van der Waals surface area contributed by atoms with Crippen molar-refractivity contribution < 1.29 is 19.6 Å². The van der Waals surface area contributed by atoms with Gasteiger partial charge in [-0.1, -0.05) is 12.1 Å². The van der Waals surface area contributed by atoms with E-state index < -0.39 is 12.7 Å². The Morgan fingerprint density at radius 1 is 1.47 bits per heavy atom. The van der Waals surface area contributed by atoms with Crippen molar-refractivity contribution in [1.82, 2.24) is 4.90 Å². The van der Waals surface area contributed by atoms with Crippen molar-refractivity contribution in [2.24, 2.45) is 0 Å². The van der Waals surface area contributed by atoms with Gasteiger partial charge < -0.3 is 19.7 Å². The Bertz CT molecular complexity index is 298. The number of nitrogens with zero attached hydrogens (tertiary/aromatic N) is 1. The van der Waals surface area contributed by atoms with Crippen LogP contribution in [0.25, 0.3) is 0 Å². The summed E-state index contributed by atoms with van der Waals surface area (Å²) in [6.45, 7) is 6.11. The average Bonchev–Trinajstić information content (AvgIpc) is 2.59. The van der Waals surface area contributed by atoms with Crippen molar-refractivity contribution in [2.75, 3.05) is 6.54 Å². The molecule has 0 aromatic heterocycles. The lowest BCUT2D eigenvalue weighted by molar-refractivity contribution is 0.0256. The van der Waals surface area contributed by atoms with E-state index in [9.17, 15) is 4.79 Å². The van der Waals surface area contributed by atoms with Crippen LogP contribution in [0.5, 0.6) is 0 Å². The van der Waals surface area contributed by atoms with Gasteiger partial charge in [0, 0.05) is 6.54 Å². The summed E-state index contributed by atoms with van der Waals surface area (Å²) in [4.78, 5) is 13.5. The van der Waals surface area contributed by atoms with E-state index in [2.05, 4.69) is 0 Å². The van der Waals surface area contributed by atoms with Crippen LogP contribution in [0.1, 0.15) is 33.6 Å². The largest absolute Gasteiger partial charge is 0.480 e. The lowest BCUT2D eigenvalue weighted by Crippen LogP contribution is -2.39. The van der Waals surface area contributed by atoms with E-state index in [1.807, 2.05) is 20.8 Å². The fourth-order valence-corrected chi connectivity index (χ4v) is 1.77. The fraction of sp³-hybridized carbons (Fsp3) is 0.727. The molecule has 0 aromatic carbocycles. The molecule has 1 saturated heterocycles. The van der Waals surface area contributed by atoms with Crippen LogP contribution in [-0.4, -0.2) is 46.3 Å². The molecule has 0 aliphatic carbocycles. The summed E-state index contributed by atoms with van der Waals surface area (Å²) in [7, 11) is -1.48. The van der Waals surface area contributed by atoms with Crippen molar-refractivity contribution in [3.8, 4) is 0 Å². The van der Waals surface area contributed by atoms with Crippen LogP contribution in [0, 0.1) is 0 Å². The first kappa shape index (κ1) is 14.1. The summed E-state index contributed by atoms with van der Waals surface area (Å²) in [5.41, 5.74) is -0.509. The second kappa shape index (κ2) is 5.55. The number of rotatable bonds is 2. The van der Waals surface area contributed by atoms with Gasteiger partial charge in [0.05, 0.1) is 6.04 Å². The number of carbonyl (C=O) groups excluding carboxylic acids is 1. The summed E-state index contributed by atoms with van der Waals surface area (Å²) in [6.07, 6.45) is 3.01. The van der Waals surface area contributed by atoms with Gasteiger partial charge in [-0.15, -0.1) is 0 Å². The highest BCUT2D eigenvalue weighted by atomic mass is 16.6. The van der Waals surface area contributed by atoms with E-state index in [0.29, 0.717) is 6.54 Å². The van der Waals surface area contributed by atoms with Gasteiger partial charge in [-0.25, -0.2) is 4.79 Å². The highest BCUT2D eigenvalue weighted by molar-refractivity contribution is 6.47. The Hall–Kier alpha value is -1.01. The number of carbonyl (C=O) groups is 1. The SMILES string of the molecule is CC(C)(C)OC(=O)N1CCCC1/C=C/B(O)O. The Kier molecular flexibility index (Phi) is 4.59. The van der Waals surface area contributed by atoms with Gasteiger partial charge in [0.25, 0.3) is 0 Å². The first-order chi connectivity index (χ1) is 7.79. The van der Waals surface area contributed by atoms with Crippen LogP contribution in [-0.2, 0) is 4.74 Å². The van der Waals surface area contributed by atoms with Gasteiger partial charge >= 0.3 is 13.2 Å². The minimum absolute atomic E-state index is 0.105. The molecular weight excluding hydrogens is 221 g/mol. The van der Waals surface area contributed by atoms with Crippen molar-refractivity contribution in [1.29, 1.82) is 0 Å². The molecule has 1 atom stereocenters. The van der Waals surface area contributed by atoms with E-state index in [4.69, 9.17) is 14.8 Å². The van der Waals surface area contributed by atoms with E-state index >= 15 is 0 Å². The van der Waals surface area contributed by atoms with E-state index in [-0.39, 0.29) is 12.1 Å². The maximum atomic E-state index is 11.9. The highest BCUT2D eigenvalue weighted by Crippen LogP contribution is 2.21. The van der Waals surface area contributed by atoms with Crippen LogP contribution in [0.3, 0.4) is 0 Å². The summed E-state index contributed by atoms with van der Waals surface area (Å²) in [5, 5.41) is 17.5. The molecule has 96 valence electrons. The van der Waals surface area contributed by atoms with Crippen LogP contribution < -0.4 is 0 Å². The van der Waals surface area contributed by atoms with E-state index in [1.165, 1.54) is 5.98 Å². The molecule has 0 saturated carbocycles. The molecule has 1 aliphatic rings. The van der Waals surface area contributed by atoms with Crippen LogP contribution in [0.2, 0.25) is 0 Å². The van der Waals surface area contributed by atoms with E-state index in [0.717, 1.165) is 12.8 Å². The molecule has 2 N–H and O–H groups in total. The number of likely N-dealkylation sites (tertiary alicyclic amines) is 1. The van der Waals surface area contributed by atoms with Gasteiger partial charge in [-0.2, -0.15) is 0 Å². The lowest BCUT2D eigenvalue weighted by Gasteiger charge is -2.27. The highest BCUT2D eigenvalue weighted by Gasteiger charge is 2.30. The molecular formula is C11H20BNO4. The maximum absolute atomic E-state index is 11.9. The molecule has 1 aliphatic heterocycles. The Labute approximate surface area is 102 Å². The second-order valence-corrected chi connectivity index (χ2v) is 5.18. The molecule has 5 nitrogen and oxygen atoms in total. The van der Waals surface area contributed by atoms with Gasteiger partial charge in [0.2, 0.25) is 0 Å². The third kappa shape index (κ3) is 4.79. The number of hydrogen-bond donors (Lipinski definition) is 2. The van der Waals surface area contributed by atoms with Crippen molar-refractivity contribution in [2.45, 2.75) is 45.3 Å². The molecule has 0 bridgehead atoms. The zero-order chi connectivity index (χ0) is 13.1. The Morgan fingerprint density at radius 3 is 2.65 bits per heavy atom. The smallest absolute Gasteiger partial charge is 0.444 e. The summed E-state index contributed by atoms with van der Waals surface area (Å²) < 4.78 is 5.29. The quantitative estimate of drug-likeness (QED) is 0.706. The minimum Gasteiger partial charge on any atom is -0.444 e. The minimum atomic E-state index is -1.48. The zero-order valence-corrected chi connectivity index (χ0v) is 10.6. The topological polar surface area (TPSA) is 70.0 Å². The number of amides is 1. The van der Waals surface area contributed by atoms with Crippen molar-refractivity contribution in [3.05, 3.63) is 12.1 Å². The normalized spacial score (nSPS) is 21.0. The van der Waals surface area contributed by atoms with Crippen LogP contribution in [0.4, 0.5) is 4.79 Å². The summed E-state index contributed by atoms with van der Waals surface area (Å²) in [6, 6.07) is -0.105. The standard InChI is InChI=1S/C11H20BNO4/c1-11(2,3)17-10(14)13-8-4-5-9(13)6-7-12(15)16/h6-7,9,15-16H,4-5,8H2,1-3H3/b7-6+. The molecule has 1 rings (SSSR count). The Morgan fingerprint density at radius 2 is 2.12 bits per heavy atom. The fourth-order valence-electron chi connectivity index (χ4n) is 1.77. The monoisotopic (exact) mass is 241 g/mol. The molecule has 1 unspecified atom stereocenters. The second-order valence-electron chi connectivity index (χ2n) is 5.18. The summed E-state index contributed by atoms with van der Waals surface area (Å²) >= 11 is 0. The van der Waals surface area contributed by atoms with Crippen LogP contribution in [0.15, 0.2) is 12.1 Å². The molecule has 0 radical (unpaired) electrons. The third-order valence-corrected chi connectivity index (χ3v) is 2.43. The maximum Gasteiger partial charge on any atom is 0.480 e. The van der Waals surface area contributed by atoms with Crippen molar-refractivity contribution in [3.63, 3.8) is 0 Å². The van der Waals surface area contributed by atoms with Gasteiger partial charge in [0.15, 0.2) is 0 Å². The van der Waals surface area contributed by atoms with Gasteiger partial charge in [-0.3, -0.25) is 0 Å². The molecule has 1 heterocycles. The predicted molar refractivity (Wildman–Crippen MR) is 65.3 cm³/mol. The summed E-state index contributed by atoms with van der Waals surface area (Å²) in [5.74, 6) is 1.27. The number of hydrogen-bond acceptors (Lipinski definition) is 4. The molecule has 17 heavy (non-hydrogen) atoms. The molecule has 1 amide bonds. The molecule has 0 aromatic rings. The van der Waals surface area contributed by atoms with Crippen LogP contribution >= 0.6 is 0 Å². The van der Waals surface area contributed by atoms with Gasteiger partial charge in [-0.05, 0) is 33.6 Å². The average molecular weight is 241 g/mol. The zero-order valence-electron chi connectivity index (χ0n) is 10.6. The molecule has 0 spiro atoms. The predicted octanol–water partition coefficient (Wildman–Crippen LogP) is 0.954. The first-order valence-electron chi connectivity index (χ1n) is 5.84. The van der Waals surface area contributed by atoms with Crippen molar-refractivity contribution >= 4 is 13.2 Å². The molecule has 1 fully saturated rings. The number of ether oxygens (including phenoxy) is 1. The third-order valence-electron chi connectivity index (χ3n) is 2.43. The Balaban J connectivity index is 2.60. The van der Waals surface area contributed by atoms with Gasteiger partial charge in [0.1, 0.15) is 5.60 Å². The molecule has 6 heteroatoms. The first-order valence-corrected chi connectivity index (χ1v) is 5.84. The lowest BCUT2D eigenvalue weighted by atomic mass is 9.90.